The molecule has 0 unspecified atom stereocenters. The number of ketones is 2. The molecule has 2 N–H and O–H groups in total. The van der Waals surface area contributed by atoms with Crippen LogP contribution in [0.15, 0.2) is 23.8 Å². The van der Waals surface area contributed by atoms with E-state index >= 15 is 8.78 Å². The van der Waals surface area contributed by atoms with Crippen LogP contribution in [0, 0.1) is 28.6 Å². The molecule has 8 heteroatoms. The van der Waals surface area contributed by atoms with Crippen LogP contribution in [0.25, 0.3) is 0 Å². The van der Waals surface area contributed by atoms with E-state index in [-0.39, 0.29) is 31.3 Å². The van der Waals surface area contributed by atoms with E-state index in [1.807, 2.05) is 6.92 Å². The third-order valence-electron chi connectivity index (χ3n) is 9.99. The number of carbonyl (C=O) groups is 3. The van der Waals surface area contributed by atoms with E-state index in [2.05, 4.69) is 0 Å². The van der Waals surface area contributed by atoms with Crippen LogP contribution in [0.5, 0.6) is 0 Å². The zero-order valence-electron chi connectivity index (χ0n) is 21.6. The van der Waals surface area contributed by atoms with E-state index in [9.17, 15) is 24.6 Å². The topological polar surface area (TPSA) is 101 Å². The zero-order valence-corrected chi connectivity index (χ0v) is 21.6. The van der Waals surface area contributed by atoms with Gasteiger partial charge in [0.05, 0.1) is 6.10 Å². The molecule has 3 saturated carbocycles. The van der Waals surface area contributed by atoms with Crippen molar-refractivity contribution in [1.29, 1.82) is 0 Å². The number of aliphatic hydroxyl groups is 2. The smallest absolute Gasteiger partial charge is 0.306 e. The molecule has 4 aliphatic carbocycles. The van der Waals surface area contributed by atoms with Crippen LogP contribution in [0.3, 0.4) is 0 Å². The fraction of sp³-hybridized carbons (Fsp3) is 0.750. The number of allylic oxidation sites excluding steroid dienone is 4. The van der Waals surface area contributed by atoms with Crippen molar-refractivity contribution in [3.8, 4) is 0 Å². The number of unbranched alkanes of at least 4 members (excludes halogenated alkanes) is 2. The molecule has 6 nitrogen and oxygen atoms in total. The molecule has 0 saturated heterocycles. The van der Waals surface area contributed by atoms with Crippen LogP contribution in [0.1, 0.15) is 72.6 Å². The average molecular weight is 509 g/mol. The standard InChI is InChI=1S/C28H38F2O6/c1-5-6-7-8-24(35)36-28(23(34)15-31)16(2)11-18-19-13-21(29)20-12-17(32)9-10-25(20,3)27(19,30)22(33)14-26(18,28)4/h9-10,12,16,18-19,21-22,31,33H,5-8,11,13-15H2,1-4H3/t16-,18+,19+,21+,22+,25+,26+,27+,28+/m1/s1. The number of ether oxygens (including phenoxy) is 1. The van der Waals surface area contributed by atoms with Crippen LogP contribution in [-0.4, -0.2) is 57.9 Å². The van der Waals surface area contributed by atoms with Gasteiger partial charge in [-0.25, -0.2) is 8.78 Å². The second-order valence-corrected chi connectivity index (χ2v) is 11.7. The van der Waals surface area contributed by atoms with Crippen molar-refractivity contribution in [2.75, 3.05) is 6.61 Å². The molecule has 0 spiro atoms. The lowest BCUT2D eigenvalue weighted by Crippen LogP contribution is -2.71. The number of carbonyl (C=O) groups excluding carboxylic acids is 3. The van der Waals surface area contributed by atoms with Gasteiger partial charge in [0.1, 0.15) is 12.8 Å². The summed E-state index contributed by atoms with van der Waals surface area (Å²) in [5, 5.41) is 21.4. The minimum absolute atomic E-state index is 0.0301. The summed E-state index contributed by atoms with van der Waals surface area (Å²) < 4.78 is 38.9. The van der Waals surface area contributed by atoms with Gasteiger partial charge in [0.15, 0.2) is 17.1 Å². The lowest BCUT2D eigenvalue weighted by Gasteiger charge is -2.63. The van der Waals surface area contributed by atoms with Gasteiger partial charge in [-0.1, -0.05) is 39.7 Å². The van der Waals surface area contributed by atoms with E-state index in [4.69, 9.17) is 4.74 Å². The molecular formula is C28H38F2O6. The van der Waals surface area contributed by atoms with Crippen LogP contribution >= 0.6 is 0 Å². The third-order valence-corrected chi connectivity index (χ3v) is 9.99. The van der Waals surface area contributed by atoms with E-state index in [1.54, 1.807) is 13.8 Å². The average Bonchev–Trinajstić information content (AvgIpc) is 3.04. The number of hydrogen-bond donors (Lipinski definition) is 2. The number of esters is 1. The van der Waals surface area contributed by atoms with Gasteiger partial charge in [-0.3, -0.25) is 14.4 Å². The molecule has 4 aliphatic rings. The minimum Gasteiger partial charge on any atom is -0.450 e. The van der Waals surface area contributed by atoms with Gasteiger partial charge >= 0.3 is 5.97 Å². The lowest BCUT2D eigenvalue weighted by molar-refractivity contribution is -0.231. The summed E-state index contributed by atoms with van der Waals surface area (Å²) in [5.41, 5.74) is -6.75. The Morgan fingerprint density at radius 3 is 2.53 bits per heavy atom. The minimum atomic E-state index is -2.29. The first kappa shape index (κ1) is 27.1. The maximum atomic E-state index is 17.3. The van der Waals surface area contributed by atoms with Gasteiger partial charge in [0.2, 0.25) is 5.78 Å². The summed E-state index contributed by atoms with van der Waals surface area (Å²) in [5.74, 6) is -3.81. The number of alkyl halides is 2. The fourth-order valence-corrected chi connectivity index (χ4v) is 8.26. The van der Waals surface area contributed by atoms with Crippen LogP contribution in [0.4, 0.5) is 8.78 Å². The highest BCUT2D eigenvalue weighted by Crippen LogP contribution is 2.71. The first-order valence-electron chi connectivity index (χ1n) is 13.2. The molecule has 0 amide bonds. The summed E-state index contributed by atoms with van der Waals surface area (Å²) >= 11 is 0. The van der Waals surface area contributed by atoms with Crippen molar-refractivity contribution in [1.82, 2.24) is 0 Å². The second-order valence-electron chi connectivity index (χ2n) is 11.7. The van der Waals surface area contributed by atoms with Crippen LogP contribution < -0.4 is 0 Å². The number of fused-ring (bicyclic) bond motifs is 5. The number of Topliss-reactive ketones (excluding diaryl/α,β-unsaturated/α-hetero) is 1. The number of hydrogen-bond acceptors (Lipinski definition) is 6. The quantitative estimate of drug-likeness (QED) is 0.399. The molecule has 0 aromatic carbocycles. The molecular weight excluding hydrogens is 470 g/mol. The van der Waals surface area contributed by atoms with Crippen molar-refractivity contribution in [3.63, 3.8) is 0 Å². The maximum absolute atomic E-state index is 17.3. The third kappa shape index (κ3) is 3.43. The Balaban J connectivity index is 1.79. The van der Waals surface area contributed by atoms with E-state index in [1.165, 1.54) is 19.1 Å². The first-order valence-corrected chi connectivity index (χ1v) is 13.2. The number of aliphatic hydroxyl groups excluding tert-OH is 2. The molecule has 4 rings (SSSR count). The highest BCUT2D eigenvalue weighted by molar-refractivity contribution is 6.01. The van der Waals surface area contributed by atoms with E-state index in [0.29, 0.717) is 6.42 Å². The SMILES string of the molecule is CCCCCC(=O)O[C@]1(C(=O)CO)[C@H](C)C[C@H]2[C@@H]3C[C@H](F)C4=CC(=O)C=C[C@]4(C)[C@@]3(F)[C@@H](O)C[C@@]21C. The summed E-state index contributed by atoms with van der Waals surface area (Å²) in [7, 11) is 0. The maximum Gasteiger partial charge on any atom is 0.306 e. The van der Waals surface area contributed by atoms with Crippen molar-refractivity contribution in [2.45, 2.75) is 96.2 Å². The van der Waals surface area contributed by atoms with Gasteiger partial charge < -0.3 is 14.9 Å². The molecule has 36 heavy (non-hydrogen) atoms. The molecule has 0 aliphatic heterocycles. The monoisotopic (exact) mass is 508 g/mol. The van der Waals surface area contributed by atoms with Gasteiger partial charge in [-0.05, 0) is 56.3 Å². The second kappa shape index (κ2) is 9.12. The van der Waals surface area contributed by atoms with E-state index in [0.717, 1.165) is 18.9 Å². The predicted octanol–water partition coefficient (Wildman–Crippen LogP) is 3.97. The van der Waals surface area contributed by atoms with Gasteiger partial charge in [0, 0.05) is 29.1 Å². The molecule has 3 fully saturated rings. The van der Waals surface area contributed by atoms with Crippen molar-refractivity contribution < 1.29 is 38.1 Å². The summed E-state index contributed by atoms with van der Waals surface area (Å²) in [6.07, 6.45) is 2.75. The first-order chi connectivity index (χ1) is 16.8. The Kier molecular flexibility index (Phi) is 6.87. The van der Waals surface area contributed by atoms with Gasteiger partial charge in [0.25, 0.3) is 0 Å². The molecule has 9 atom stereocenters. The lowest BCUT2D eigenvalue weighted by atomic mass is 9.44. The number of rotatable bonds is 7. The normalized spacial score (nSPS) is 45.4. The fourth-order valence-electron chi connectivity index (χ4n) is 8.26. The van der Waals surface area contributed by atoms with Crippen LogP contribution in [0.2, 0.25) is 0 Å². The molecule has 0 radical (unpaired) electrons. The molecule has 0 aromatic rings. The largest absolute Gasteiger partial charge is 0.450 e. The highest BCUT2D eigenvalue weighted by Gasteiger charge is 2.78. The Morgan fingerprint density at radius 2 is 1.89 bits per heavy atom. The Hall–Kier alpha value is -1.93. The molecule has 0 bridgehead atoms. The Labute approximate surface area is 211 Å². The van der Waals surface area contributed by atoms with E-state index < -0.39 is 76.3 Å². The molecule has 0 heterocycles. The predicted molar refractivity (Wildman–Crippen MR) is 128 cm³/mol. The molecule has 200 valence electrons. The van der Waals surface area contributed by atoms with Crippen molar-refractivity contribution in [3.05, 3.63) is 23.8 Å². The van der Waals surface area contributed by atoms with Gasteiger partial charge in [-0.15, -0.1) is 0 Å². The Bertz CT molecular complexity index is 1010. The Morgan fingerprint density at radius 1 is 1.19 bits per heavy atom. The van der Waals surface area contributed by atoms with Crippen molar-refractivity contribution in [2.24, 2.45) is 28.6 Å². The zero-order chi connectivity index (χ0) is 26.7. The van der Waals surface area contributed by atoms with Gasteiger partial charge in [-0.2, -0.15) is 0 Å². The number of halogens is 2. The molecule has 0 aromatic heterocycles. The summed E-state index contributed by atoms with van der Waals surface area (Å²) in [4.78, 5) is 38.3. The van der Waals surface area contributed by atoms with Crippen LogP contribution in [-0.2, 0) is 19.1 Å². The summed E-state index contributed by atoms with van der Waals surface area (Å²) in [6, 6.07) is 0. The summed E-state index contributed by atoms with van der Waals surface area (Å²) in [6.45, 7) is 6.10. The van der Waals surface area contributed by atoms with Crippen molar-refractivity contribution >= 4 is 17.5 Å². The highest BCUT2D eigenvalue weighted by atomic mass is 19.1.